The van der Waals surface area contributed by atoms with Gasteiger partial charge in [0.05, 0.1) is 18.3 Å². The van der Waals surface area contributed by atoms with Crippen LogP contribution in [0.1, 0.15) is 26.7 Å². The van der Waals surface area contributed by atoms with Crippen LogP contribution in [-0.2, 0) is 0 Å². The standard InChI is InChI=1S/C14H23N3O2/c1-4-14(5-2,10-15)17-13(18)16-11-8-6-7-9-12(11)19-3/h6-9H,4-5,10,15H2,1-3H3,(H2,16,17,18). The molecule has 1 aromatic rings. The zero-order valence-corrected chi connectivity index (χ0v) is 11.8. The van der Waals surface area contributed by atoms with Crippen LogP contribution in [-0.4, -0.2) is 25.2 Å². The van der Waals surface area contributed by atoms with Gasteiger partial charge in [0.2, 0.25) is 0 Å². The first-order valence-corrected chi connectivity index (χ1v) is 6.53. The summed E-state index contributed by atoms with van der Waals surface area (Å²) >= 11 is 0. The minimum absolute atomic E-state index is 0.265. The van der Waals surface area contributed by atoms with E-state index < -0.39 is 0 Å². The maximum absolute atomic E-state index is 12.0. The van der Waals surface area contributed by atoms with Crippen molar-refractivity contribution in [3.05, 3.63) is 24.3 Å². The Hall–Kier alpha value is -1.75. The molecular formula is C14H23N3O2. The number of hydrogen-bond donors (Lipinski definition) is 3. The molecule has 4 N–H and O–H groups in total. The second-order valence-electron chi connectivity index (χ2n) is 4.47. The van der Waals surface area contributed by atoms with Gasteiger partial charge in [0.25, 0.3) is 0 Å². The Morgan fingerprint density at radius 1 is 1.32 bits per heavy atom. The molecule has 0 radical (unpaired) electrons. The van der Waals surface area contributed by atoms with Crippen LogP contribution >= 0.6 is 0 Å². The molecule has 0 fully saturated rings. The Bertz CT molecular complexity index is 409. The highest BCUT2D eigenvalue weighted by molar-refractivity contribution is 5.91. The molecule has 2 amide bonds. The zero-order valence-electron chi connectivity index (χ0n) is 11.8. The van der Waals surface area contributed by atoms with E-state index in [9.17, 15) is 4.79 Å². The van der Waals surface area contributed by atoms with Gasteiger partial charge in [-0.2, -0.15) is 0 Å². The highest BCUT2D eigenvalue weighted by Crippen LogP contribution is 2.23. The van der Waals surface area contributed by atoms with Gasteiger partial charge in [0, 0.05) is 6.54 Å². The van der Waals surface area contributed by atoms with Crippen LogP contribution in [0.3, 0.4) is 0 Å². The van der Waals surface area contributed by atoms with Crippen molar-refractivity contribution >= 4 is 11.7 Å². The first kappa shape index (κ1) is 15.3. The lowest BCUT2D eigenvalue weighted by atomic mass is 9.93. The van der Waals surface area contributed by atoms with E-state index >= 15 is 0 Å². The van der Waals surface area contributed by atoms with E-state index in [1.54, 1.807) is 19.2 Å². The maximum Gasteiger partial charge on any atom is 0.319 e. The Labute approximate surface area is 114 Å². The van der Waals surface area contributed by atoms with E-state index in [-0.39, 0.29) is 11.6 Å². The van der Waals surface area contributed by atoms with Gasteiger partial charge in [-0.1, -0.05) is 26.0 Å². The van der Waals surface area contributed by atoms with E-state index in [0.717, 1.165) is 12.8 Å². The van der Waals surface area contributed by atoms with E-state index in [0.29, 0.717) is 18.0 Å². The number of anilines is 1. The number of nitrogens with two attached hydrogens (primary N) is 1. The quantitative estimate of drug-likeness (QED) is 0.739. The maximum atomic E-state index is 12.0. The molecule has 0 aliphatic heterocycles. The van der Waals surface area contributed by atoms with Gasteiger partial charge in [-0.25, -0.2) is 4.79 Å². The predicted molar refractivity (Wildman–Crippen MR) is 77.5 cm³/mol. The van der Waals surface area contributed by atoms with Crippen LogP contribution in [0.5, 0.6) is 5.75 Å². The topological polar surface area (TPSA) is 76.4 Å². The second-order valence-corrected chi connectivity index (χ2v) is 4.47. The Kier molecular flexibility index (Phi) is 5.63. The first-order valence-electron chi connectivity index (χ1n) is 6.53. The molecule has 0 saturated heterocycles. The molecule has 0 aliphatic rings. The Morgan fingerprint density at radius 2 is 1.95 bits per heavy atom. The summed E-state index contributed by atoms with van der Waals surface area (Å²) in [4.78, 5) is 12.0. The molecule has 106 valence electrons. The van der Waals surface area contributed by atoms with Crippen LogP contribution in [0, 0.1) is 0 Å². The molecule has 0 aliphatic carbocycles. The molecule has 5 heteroatoms. The normalized spacial score (nSPS) is 10.9. The molecule has 0 bridgehead atoms. The van der Waals surface area contributed by atoms with Crippen molar-refractivity contribution in [1.29, 1.82) is 0 Å². The van der Waals surface area contributed by atoms with Gasteiger partial charge < -0.3 is 21.1 Å². The fourth-order valence-corrected chi connectivity index (χ4v) is 1.91. The molecule has 1 rings (SSSR count). The fraction of sp³-hybridized carbons (Fsp3) is 0.500. The highest BCUT2D eigenvalue weighted by atomic mass is 16.5. The predicted octanol–water partition coefficient (Wildman–Crippen LogP) is 2.33. The molecule has 0 unspecified atom stereocenters. The minimum atomic E-state index is -0.355. The van der Waals surface area contributed by atoms with E-state index in [4.69, 9.17) is 10.5 Å². The summed E-state index contributed by atoms with van der Waals surface area (Å²) < 4.78 is 5.19. The average Bonchev–Trinajstić information content (AvgIpc) is 2.45. The number of benzene rings is 1. The number of urea groups is 1. The van der Waals surface area contributed by atoms with Crippen LogP contribution in [0.15, 0.2) is 24.3 Å². The molecule has 1 aromatic carbocycles. The Balaban J connectivity index is 2.74. The summed E-state index contributed by atoms with van der Waals surface area (Å²) in [6.45, 7) is 4.44. The number of amides is 2. The molecule has 0 heterocycles. The molecule has 0 saturated carbocycles. The summed E-state index contributed by atoms with van der Waals surface area (Å²) in [5.74, 6) is 0.629. The van der Waals surface area contributed by atoms with Gasteiger partial charge in [0.15, 0.2) is 0 Å². The molecule has 0 spiro atoms. The number of hydrogen-bond acceptors (Lipinski definition) is 3. The van der Waals surface area contributed by atoms with Gasteiger partial charge in [0.1, 0.15) is 5.75 Å². The summed E-state index contributed by atoms with van der Waals surface area (Å²) in [7, 11) is 1.57. The van der Waals surface area contributed by atoms with Crippen molar-refractivity contribution in [3.8, 4) is 5.75 Å². The van der Waals surface area contributed by atoms with Crippen molar-refractivity contribution in [2.75, 3.05) is 19.0 Å². The van der Waals surface area contributed by atoms with Crippen LogP contribution in [0.25, 0.3) is 0 Å². The number of nitrogens with one attached hydrogen (secondary N) is 2. The summed E-state index contributed by atoms with van der Waals surface area (Å²) in [6.07, 6.45) is 1.58. The zero-order chi connectivity index (χ0) is 14.3. The van der Waals surface area contributed by atoms with Crippen molar-refractivity contribution < 1.29 is 9.53 Å². The monoisotopic (exact) mass is 265 g/mol. The number of carbonyl (C=O) groups excluding carboxylic acids is 1. The van der Waals surface area contributed by atoms with Crippen LogP contribution in [0.4, 0.5) is 10.5 Å². The van der Waals surface area contributed by atoms with Crippen molar-refractivity contribution in [2.24, 2.45) is 5.73 Å². The van der Waals surface area contributed by atoms with Gasteiger partial charge >= 0.3 is 6.03 Å². The number of rotatable bonds is 6. The lowest BCUT2D eigenvalue weighted by Gasteiger charge is -2.31. The molecule has 19 heavy (non-hydrogen) atoms. The van der Waals surface area contributed by atoms with Crippen molar-refractivity contribution in [3.63, 3.8) is 0 Å². The van der Waals surface area contributed by atoms with E-state index in [2.05, 4.69) is 10.6 Å². The molecule has 0 aromatic heterocycles. The number of methoxy groups -OCH3 is 1. The molecule has 5 nitrogen and oxygen atoms in total. The van der Waals surface area contributed by atoms with E-state index in [1.807, 2.05) is 26.0 Å². The lowest BCUT2D eigenvalue weighted by Crippen LogP contribution is -2.54. The van der Waals surface area contributed by atoms with Crippen molar-refractivity contribution in [2.45, 2.75) is 32.2 Å². The third-order valence-corrected chi connectivity index (χ3v) is 3.48. The largest absolute Gasteiger partial charge is 0.495 e. The smallest absolute Gasteiger partial charge is 0.319 e. The van der Waals surface area contributed by atoms with Crippen LogP contribution in [0.2, 0.25) is 0 Å². The highest BCUT2D eigenvalue weighted by Gasteiger charge is 2.26. The molecular weight excluding hydrogens is 242 g/mol. The minimum Gasteiger partial charge on any atom is -0.495 e. The van der Waals surface area contributed by atoms with Crippen LogP contribution < -0.4 is 21.1 Å². The van der Waals surface area contributed by atoms with Gasteiger partial charge in [-0.15, -0.1) is 0 Å². The Morgan fingerprint density at radius 3 is 2.47 bits per heavy atom. The molecule has 0 atom stereocenters. The average molecular weight is 265 g/mol. The fourth-order valence-electron chi connectivity index (χ4n) is 1.91. The summed E-state index contributed by atoms with van der Waals surface area (Å²) in [5, 5.41) is 5.74. The first-order chi connectivity index (χ1) is 9.10. The number of carbonyl (C=O) groups is 1. The van der Waals surface area contributed by atoms with Gasteiger partial charge in [-0.3, -0.25) is 0 Å². The van der Waals surface area contributed by atoms with E-state index in [1.165, 1.54) is 0 Å². The third kappa shape index (κ3) is 3.86. The third-order valence-electron chi connectivity index (χ3n) is 3.48. The number of ether oxygens (including phenoxy) is 1. The lowest BCUT2D eigenvalue weighted by molar-refractivity contribution is 0.233. The second kappa shape index (κ2) is 6.99. The summed E-state index contributed by atoms with van der Waals surface area (Å²) in [5.41, 5.74) is 6.04. The summed E-state index contributed by atoms with van der Waals surface area (Å²) in [6, 6.07) is 7.02. The van der Waals surface area contributed by atoms with Gasteiger partial charge in [-0.05, 0) is 25.0 Å². The SMILES string of the molecule is CCC(CC)(CN)NC(=O)Nc1ccccc1OC. The number of para-hydroxylation sites is 2. The van der Waals surface area contributed by atoms with Crippen molar-refractivity contribution in [1.82, 2.24) is 5.32 Å².